The van der Waals surface area contributed by atoms with E-state index in [9.17, 15) is 0 Å². The zero-order valence-corrected chi connectivity index (χ0v) is 13.6. The summed E-state index contributed by atoms with van der Waals surface area (Å²) in [5.41, 5.74) is 2.96. The molecule has 0 aliphatic rings. The predicted molar refractivity (Wildman–Crippen MR) is 75.9 cm³/mol. The van der Waals surface area contributed by atoms with Gasteiger partial charge >= 0.3 is 0 Å². The summed E-state index contributed by atoms with van der Waals surface area (Å²) >= 11 is 0. The van der Waals surface area contributed by atoms with Gasteiger partial charge in [-0.25, -0.2) is 0 Å². The number of likely N-dealkylation sites (N-methyl/N-ethyl adjacent to an activating group) is 2. The van der Waals surface area contributed by atoms with Crippen molar-refractivity contribution in [2.24, 2.45) is 0 Å². The molecule has 0 heterocycles. The maximum absolute atomic E-state index is 5.54. The van der Waals surface area contributed by atoms with E-state index < -0.39 is 16.2 Å². The van der Waals surface area contributed by atoms with Crippen molar-refractivity contribution in [3.05, 3.63) is 0 Å². The molecule has 0 spiro atoms. The largest absolute Gasteiger partial charge is 0.365 e. The maximum Gasteiger partial charge on any atom is 0.262 e. The SMILES string of the molecule is CC#C[SiH2]OC(OCCN(C)C)OCCN(C)C. The van der Waals surface area contributed by atoms with Crippen LogP contribution in [0.2, 0.25) is 0 Å². The van der Waals surface area contributed by atoms with E-state index in [2.05, 4.69) is 21.3 Å². The molecule has 0 aliphatic carbocycles. The number of hydrogen-bond acceptors (Lipinski definition) is 5. The van der Waals surface area contributed by atoms with Crippen molar-refractivity contribution in [1.82, 2.24) is 9.80 Å². The van der Waals surface area contributed by atoms with Crippen molar-refractivity contribution in [1.29, 1.82) is 0 Å². The fraction of sp³-hybridized carbons (Fsp3) is 0.833. The molecule has 0 atom stereocenters. The van der Waals surface area contributed by atoms with E-state index in [-0.39, 0.29) is 0 Å². The Morgan fingerprint density at radius 1 is 1.00 bits per heavy atom. The van der Waals surface area contributed by atoms with Crippen LogP contribution < -0.4 is 0 Å². The van der Waals surface area contributed by atoms with Gasteiger partial charge in [-0.3, -0.25) is 0 Å². The van der Waals surface area contributed by atoms with Gasteiger partial charge in [0.05, 0.1) is 13.2 Å². The number of hydrogen-bond donors (Lipinski definition) is 0. The molecule has 0 bridgehead atoms. The zero-order valence-electron chi connectivity index (χ0n) is 12.2. The van der Waals surface area contributed by atoms with Crippen LogP contribution >= 0.6 is 0 Å². The van der Waals surface area contributed by atoms with E-state index >= 15 is 0 Å². The lowest BCUT2D eigenvalue weighted by Crippen LogP contribution is -2.29. The van der Waals surface area contributed by atoms with Gasteiger partial charge in [0.1, 0.15) is 0 Å². The zero-order chi connectivity index (χ0) is 13.8. The van der Waals surface area contributed by atoms with Gasteiger partial charge in [0, 0.05) is 13.1 Å². The molecule has 0 radical (unpaired) electrons. The Balaban J connectivity index is 3.86. The molecule has 0 aromatic carbocycles. The van der Waals surface area contributed by atoms with E-state index in [1.807, 2.05) is 35.1 Å². The van der Waals surface area contributed by atoms with E-state index in [1.54, 1.807) is 0 Å². The van der Waals surface area contributed by atoms with Crippen LogP contribution in [0, 0.1) is 11.5 Å². The first-order valence-corrected chi connectivity index (χ1v) is 7.38. The lowest BCUT2D eigenvalue weighted by atomic mass is 10.6. The average Bonchev–Trinajstić information content (AvgIpc) is 2.27. The summed E-state index contributed by atoms with van der Waals surface area (Å²) in [4.78, 5) is 4.11. The van der Waals surface area contributed by atoms with Crippen molar-refractivity contribution in [3.8, 4) is 11.5 Å². The third-order valence-electron chi connectivity index (χ3n) is 2.05. The van der Waals surface area contributed by atoms with Crippen molar-refractivity contribution in [3.63, 3.8) is 0 Å². The molecule has 6 heteroatoms. The second kappa shape index (κ2) is 11.7. The molecule has 0 saturated heterocycles. The minimum atomic E-state index is -0.869. The van der Waals surface area contributed by atoms with E-state index in [1.165, 1.54) is 0 Å². The summed E-state index contributed by atoms with van der Waals surface area (Å²) < 4.78 is 16.6. The molecule has 0 amide bonds. The number of rotatable bonds is 10. The van der Waals surface area contributed by atoms with Gasteiger partial charge in [0.2, 0.25) is 9.76 Å². The molecule has 0 fully saturated rings. The van der Waals surface area contributed by atoms with E-state index in [0.29, 0.717) is 13.2 Å². The minimum Gasteiger partial charge on any atom is -0.365 e. The Labute approximate surface area is 113 Å². The molecule has 106 valence electrons. The second-order valence-corrected chi connectivity index (χ2v) is 5.35. The molecule has 0 saturated carbocycles. The smallest absolute Gasteiger partial charge is 0.262 e. The minimum absolute atomic E-state index is 0.572. The first-order chi connectivity index (χ1) is 8.56. The predicted octanol–water partition coefficient (Wildman–Crippen LogP) is -0.492. The lowest BCUT2D eigenvalue weighted by molar-refractivity contribution is -0.248. The monoisotopic (exact) mass is 274 g/mol. The van der Waals surface area contributed by atoms with Gasteiger partial charge in [0.15, 0.2) is 0 Å². The molecule has 0 N–H and O–H groups in total. The molecule has 0 aromatic heterocycles. The van der Waals surface area contributed by atoms with Crippen LogP contribution in [-0.4, -0.2) is 80.5 Å². The highest BCUT2D eigenvalue weighted by Gasteiger charge is 2.09. The van der Waals surface area contributed by atoms with Crippen molar-refractivity contribution < 1.29 is 13.9 Å². The van der Waals surface area contributed by atoms with Crippen LogP contribution in [-0.2, 0) is 13.9 Å². The molecule has 0 rings (SSSR count). The summed E-state index contributed by atoms with van der Waals surface area (Å²) in [5.74, 6) is 2.83. The highest BCUT2D eigenvalue weighted by atomic mass is 28.2. The van der Waals surface area contributed by atoms with E-state index in [4.69, 9.17) is 13.9 Å². The Morgan fingerprint density at radius 2 is 1.50 bits per heavy atom. The molecular weight excluding hydrogens is 248 g/mol. The first-order valence-electron chi connectivity index (χ1n) is 6.10. The fourth-order valence-corrected chi connectivity index (χ4v) is 1.55. The molecular formula is C12H26N2O3Si. The molecule has 0 aliphatic heterocycles. The van der Waals surface area contributed by atoms with E-state index in [0.717, 1.165) is 13.1 Å². The standard InChI is InChI=1S/C12H26N2O3Si/c1-6-11-18-17-12(15-9-7-13(2)3)16-10-8-14(4)5/h12H,7-10,18H2,1-5H3. The highest BCUT2D eigenvalue weighted by Crippen LogP contribution is 1.97. The number of nitrogens with zero attached hydrogens (tertiary/aromatic N) is 2. The Kier molecular flexibility index (Phi) is 11.4. The lowest BCUT2D eigenvalue weighted by Gasteiger charge is -2.20. The quantitative estimate of drug-likeness (QED) is 0.305. The summed E-state index contributed by atoms with van der Waals surface area (Å²) in [5, 5.41) is 0. The van der Waals surface area contributed by atoms with Crippen LogP contribution in [0.25, 0.3) is 0 Å². The third-order valence-corrected chi connectivity index (χ3v) is 2.99. The van der Waals surface area contributed by atoms with Gasteiger partial charge in [0.25, 0.3) is 6.48 Å². The normalized spacial score (nSPS) is 11.8. The average molecular weight is 274 g/mol. The summed E-state index contributed by atoms with van der Waals surface area (Å²) in [6.45, 7) is 4.11. The van der Waals surface area contributed by atoms with Crippen molar-refractivity contribution in [2.45, 2.75) is 13.4 Å². The number of ether oxygens (including phenoxy) is 2. The van der Waals surface area contributed by atoms with Crippen LogP contribution in [0.1, 0.15) is 6.92 Å². The van der Waals surface area contributed by atoms with Crippen LogP contribution in [0.3, 0.4) is 0 Å². The van der Waals surface area contributed by atoms with Crippen LogP contribution in [0.15, 0.2) is 0 Å². The van der Waals surface area contributed by atoms with Gasteiger partial charge in [-0.1, -0.05) is 0 Å². The molecule has 0 unspecified atom stereocenters. The molecule has 5 nitrogen and oxygen atoms in total. The summed E-state index contributed by atoms with van der Waals surface area (Å²) in [6.07, 6.45) is 0. The van der Waals surface area contributed by atoms with Gasteiger partial charge in [-0.05, 0) is 35.1 Å². The maximum atomic E-state index is 5.54. The van der Waals surface area contributed by atoms with Crippen molar-refractivity contribution in [2.75, 3.05) is 54.5 Å². The Hall–Kier alpha value is -0.423. The summed E-state index contributed by atoms with van der Waals surface area (Å²) in [6, 6.07) is 0. The van der Waals surface area contributed by atoms with Crippen LogP contribution in [0.4, 0.5) is 0 Å². The molecule has 0 aromatic rings. The van der Waals surface area contributed by atoms with Crippen molar-refractivity contribution >= 4 is 9.76 Å². The Morgan fingerprint density at radius 3 is 1.89 bits per heavy atom. The van der Waals surface area contributed by atoms with Crippen LogP contribution in [0.5, 0.6) is 0 Å². The Bertz CT molecular complexity index is 237. The highest BCUT2D eigenvalue weighted by molar-refractivity contribution is 6.38. The topological polar surface area (TPSA) is 34.2 Å². The van der Waals surface area contributed by atoms with Gasteiger partial charge in [-0.2, -0.15) is 0 Å². The summed E-state index contributed by atoms with van der Waals surface area (Å²) in [7, 11) is 7.14. The fourth-order valence-electron chi connectivity index (χ4n) is 0.989. The molecule has 18 heavy (non-hydrogen) atoms. The second-order valence-electron chi connectivity index (χ2n) is 4.37. The third kappa shape index (κ3) is 12.0. The first kappa shape index (κ1) is 17.6. The van der Waals surface area contributed by atoms with Gasteiger partial charge in [-0.15, -0.1) is 11.5 Å². The van der Waals surface area contributed by atoms with Gasteiger partial charge < -0.3 is 23.7 Å².